The fraction of sp³-hybridized carbons (Fsp3) is 0. The number of hydrogen-bond acceptors (Lipinski definition) is 3. The predicted molar refractivity (Wildman–Crippen MR) is 10.1 cm³/mol. The van der Waals surface area contributed by atoms with Crippen LogP contribution in [0.5, 0.6) is 0 Å². The first-order valence-electron chi connectivity index (χ1n) is 0.365. The monoisotopic (exact) mass is 338 g/mol. The molecule has 0 unspecified atom stereocenters. The normalized spacial score (nSPS) is 3.20. The predicted octanol–water partition coefficient (Wildman–Crippen LogP) is -0.513. The fourth-order valence-corrected chi connectivity index (χ4v) is 0. The zero-order valence-corrected chi connectivity index (χ0v) is 8.92. The summed E-state index contributed by atoms with van der Waals surface area (Å²) in [5.41, 5.74) is 0. The van der Waals surface area contributed by atoms with Crippen molar-refractivity contribution in [1.29, 1.82) is 0 Å². The summed E-state index contributed by atoms with van der Waals surface area (Å²) in [7, 11) is 0. The second kappa shape index (κ2) is 17.2. The Hall–Kier alpha value is 1.74. The first kappa shape index (κ1) is 15.9. The van der Waals surface area contributed by atoms with Crippen molar-refractivity contribution in [3.8, 4) is 0 Å². The van der Waals surface area contributed by atoms with Crippen LogP contribution in [0.1, 0.15) is 0 Å². The smallest absolute Gasteiger partial charge is 0 e. The number of thiol groups is 1. The summed E-state index contributed by atoms with van der Waals surface area (Å²) in [6.45, 7) is 0. The van der Waals surface area contributed by atoms with Crippen molar-refractivity contribution < 1.29 is 62.2 Å². The maximum atomic E-state index is 8.35. The van der Waals surface area contributed by atoms with Gasteiger partial charge in [-0.25, -0.2) is 0 Å². The van der Waals surface area contributed by atoms with Gasteiger partial charge in [-0.2, -0.15) is 0 Å². The molecule has 0 amide bonds. The summed E-state index contributed by atoms with van der Waals surface area (Å²) in [6.07, 6.45) is 0. The molecule has 0 N–H and O–H groups in total. The third-order valence-corrected chi connectivity index (χ3v) is 0. The molecule has 2 nitrogen and oxygen atoms in total. The van der Waals surface area contributed by atoms with Crippen LogP contribution in [0.25, 0.3) is 0 Å². The molecule has 0 aromatic rings. The summed E-state index contributed by atoms with van der Waals surface area (Å²) in [4.78, 5) is 0. The molecule has 0 fully saturated rings. The molecule has 29 valence electrons. The van der Waals surface area contributed by atoms with E-state index >= 15 is 0 Å². The van der Waals surface area contributed by atoms with Gasteiger partial charge in [0, 0.05) is 53.8 Å². The van der Waals surface area contributed by atoms with Crippen LogP contribution in [0.4, 0.5) is 0 Å². The summed E-state index contributed by atoms with van der Waals surface area (Å²) in [5.74, 6) is 0. The minimum Gasteiger partial charge on any atom is -0.427 e. The molecule has 0 spiro atoms. The van der Waals surface area contributed by atoms with Crippen LogP contribution in [-0.4, -0.2) is 0 Å². The van der Waals surface area contributed by atoms with Crippen molar-refractivity contribution in [2.75, 3.05) is 0 Å². The van der Waals surface area contributed by atoms with E-state index in [1.165, 1.54) is 0 Å². The van der Waals surface area contributed by atoms with Gasteiger partial charge in [0.05, 0.1) is 0 Å². The summed E-state index contributed by atoms with van der Waals surface area (Å²) < 4.78 is 16.7. The van der Waals surface area contributed by atoms with E-state index in [4.69, 9.17) is 8.42 Å². The summed E-state index contributed by atoms with van der Waals surface area (Å²) in [6, 6.07) is 0. The fourth-order valence-electron chi connectivity index (χ4n) is 0. The van der Waals surface area contributed by atoms with Gasteiger partial charge in [-0.1, -0.05) is 11.6 Å². The van der Waals surface area contributed by atoms with Gasteiger partial charge < -0.3 is 8.42 Å². The molecule has 0 rings (SSSR count). The topological polar surface area (TPSA) is 34.1 Å². The quantitative estimate of drug-likeness (QED) is 0.441. The molecule has 0 aliphatic heterocycles. The first-order chi connectivity index (χ1) is 1.41. The maximum Gasteiger partial charge on any atom is 0 e. The van der Waals surface area contributed by atoms with Crippen LogP contribution in [0.2, 0.25) is 0 Å². The Labute approximate surface area is 72.8 Å². The van der Waals surface area contributed by atoms with E-state index in [0.29, 0.717) is 0 Å². The van der Waals surface area contributed by atoms with Crippen LogP contribution in [0.3, 0.4) is 0 Å². The Kier molecular flexibility index (Phi) is 54.5. The molecule has 1 radical (unpaired) electrons. The van der Waals surface area contributed by atoms with Crippen LogP contribution >= 0.6 is 0 Å². The van der Waals surface area contributed by atoms with E-state index < -0.39 is 11.6 Å². The second-order valence-corrected chi connectivity index (χ2v) is 0.224. The molecule has 0 saturated carbocycles. The zero-order valence-electron chi connectivity index (χ0n) is 2.25. The van der Waals surface area contributed by atoms with Crippen LogP contribution in [0.15, 0.2) is 0 Å². The molecule has 5 heteroatoms. The first-order valence-corrected chi connectivity index (χ1v) is 1.10. The van der Waals surface area contributed by atoms with E-state index in [9.17, 15) is 0 Å². The van der Waals surface area contributed by atoms with Crippen molar-refractivity contribution in [2.24, 2.45) is 0 Å². The third-order valence-electron chi connectivity index (χ3n) is 0. The summed E-state index contributed by atoms with van der Waals surface area (Å²) in [5, 5.41) is 0. The van der Waals surface area contributed by atoms with Crippen molar-refractivity contribution >= 4 is 11.6 Å². The van der Waals surface area contributed by atoms with Crippen molar-refractivity contribution in [2.45, 2.75) is 0 Å². The Balaban J connectivity index is -0.0000000200. The van der Waals surface area contributed by atoms with Gasteiger partial charge in [0.25, 0.3) is 0 Å². The van der Waals surface area contributed by atoms with Gasteiger partial charge in [-0.15, -0.1) is 0 Å². The van der Waals surface area contributed by atoms with Gasteiger partial charge in [0.2, 0.25) is 0 Å². The van der Waals surface area contributed by atoms with E-state index in [0.717, 1.165) is 0 Å². The van der Waals surface area contributed by atoms with Crippen molar-refractivity contribution in [3.05, 3.63) is 0 Å². The van der Waals surface area contributed by atoms with Crippen LogP contribution in [0, 0.1) is 0 Å². The maximum absolute atomic E-state index is 8.35. The molecule has 0 atom stereocenters. The van der Waals surface area contributed by atoms with E-state index in [2.05, 4.69) is 0 Å². The van der Waals surface area contributed by atoms with Gasteiger partial charge in [0.1, 0.15) is 0 Å². The second-order valence-electron chi connectivity index (χ2n) is 0.0745. The molecule has 5 heavy (non-hydrogen) atoms. The Morgan fingerprint density at radius 1 is 1.20 bits per heavy atom. The molecule has 0 aliphatic carbocycles. The molecule has 0 aromatic heterocycles. The van der Waals surface area contributed by atoms with Crippen LogP contribution < -0.4 is 0 Å². The largest absolute Gasteiger partial charge is 0.427 e. The molecule has 0 aromatic carbocycles. The minimum atomic E-state index is -1.08. The number of hydrogen-bond donors (Lipinski definition) is 0. The molecule has 0 aliphatic rings. The van der Waals surface area contributed by atoms with Crippen molar-refractivity contribution in [3.63, 3.8) is 0 Å². The average molecular weight is 338 g/mol. The molecular formula is HO2SWY-. The van der Waals surface area contributed by atoms with Crippen LogP contribution in [-0.2, 0) is 73.8 Å². The SMILES string of the molecule is O=[SH-]=O.[W].[Y]. The Bertz CT molecular complexity index is 30.6. The standard InChI is InChI=1S/HO2S.W.Y/c1-3-2;;/h3H;;/q-1;;. The van der Waals surface area contributed by atoms with E-state index in [1.807, 2.05) is 0 Å². The molecule has 0 heterocycles. The van der Waals surface area contributed by atoms with Gasteiger partial charge >= 0.3 is 0 Å². The van der Waals surface area contributed by atoms with Gasteiger partial charge in [0.15, 0.2) is 0 Å². The van der Waals surface area contributed by atoms with E-state index in [1.54, 1.807) is 0 Å². The Morgan fingerprint density at radius 3 is 1.20 bits per heavy atom. The average Bonchev–Trinajstić information content (AvgIpc) is 0.918. The zero-order chi connectivity index (χ0) is 2.71. The molecular weight excluding hydrogens is 337 g/mol. The molecule has 0 saturated heterocycles. The van der Waals surface area contributed by atoms with E-state index in [-0.39, 0.29) is 53.8 Å². The summed E-state index contributed by atoms with van der Waals surface area (Å²) >= 11 is -1.08. The van der Waals surface area contributed by atoms with Gasteiger partial charge in [-0.3, -0.25) is 0 Å². The van der Waals surface area contributed by atoms with Crippen molar-refractivity contribution in [1.82, 2.24) is 0 Å². The third kappa shape index (κ3) is 26.5. The Morgan fingerprint density at radius 2 is 1.20 bits per heavy atom. The number of rotatable bonds is 0. The minimum absolute atomic E-state index is 0. The van der Waals surface area contributed by atoms with Gasteiger partial charge in [-0.05, 0) is 0 Å². The molecule has 0 bridgehead atoms.